The van der Waals surface area contributed by atoms with Gasteiger partial charge in [0.15, 0.2) is 5.78 Å². The van der Waals surface area contributed by atoms with Crippen LogP contribution in [-0.4, -0.2) is 33.1 Å². The van der Waals surface area contributed by atoms with Gasteiger partial charge in [-0.15, -0.1) is 0 Å². The lowest BCUT2D eigenvalue weighted by atomic mass is 10.0. The number of fused-ring (bicyclic) bond motifs is 1. The highest BCUT2D eigenvalue weighted by Gasteiger charge is 2.27. The number of carbonyl (C=O) groups is 1. The van der Waals surface area contributed by atoms with E-state index in [1.807, 2.05) is 48.7 Å². The molecule has 0 aliphatic rings. The number of hydrogen-bond donors (Lipinski definition) is 1. The Morgan fingerprint density at radius 1 is 1.07 bits per heavy atom. The normalized spacial score (nSPS) is 12.1. The number of thiocarbonyl (C=S) groups is 1. The fourth-order valence-electron chi connectivity index (χ4n) is 3.41. The molecular weight excluding hydrogens is 384 g/mol. The summed E-state index contributed by atoms with van der Waals surface area (Å²) >= 11 is 7.14. The molecule has 0 aliphatic heterocycles. The van der Waals surface area contributed by atoms with Gasteiger partial charge in [-0.05, 0) is 31.4 Å². The minimum Gasteiger partial charge on any atom is -0.360 e. The largest absolute Gasteiger partial charge is 0.360 e. The third kappa shape index (κ3) is 4.15. The first-order valence-electron chi connectivity index (χ1n) is 9.74. The molecule has 0 saturated carbocycles. The molecule has 0 unspecified atom stereocenters. The van der Waals surface area contributed by atoms with E-state index in [1.165, 1.54) is 17.3 Å². The number of carbonyl (C=O) groups excluding carboxylic acids is 1. The Morgan fingerprint density at radius 3 is 2.43 bits per heavy atom. The molecule has 1 N–H and O–H groups in total. The van der Waals surface area contributed by atoms with Crippen LogP contribution >= 0.6 is 24.0 Å². The van der Waals surface area contributed by atoms with Crippen LogP contribution in [0.3, 0.4) is 0 Å². The van der Waals surface area contributed by atoms with E-state index in [1.54, 1.807) is 0 Å². The molecular formula is C23H26N2OS2. The Kier molecular flexibility index (Phi) is 6.92. The number of aromatic nitrogens is 1. The minimum absolute atomic E-state index is 0.0882. The number of Topliss-reactive ketones (excluding diaryl/α,β-unsaturated/α-hetero) is 1. The van der Waals surface area contributed by atoms with Crippen LogP contribution in [0.5, 0.6) is 0 Å². The predicted octanol–water partition coefficient (Wildman–Crippen LogP) is 6.01. The number of benzene rings is 2. The van der Waals surface area contributed by atoms with E-state index >= 15 is 0 Å². The molecule has 1 atom stereocenters. The van der Waals surface area contributed by atoms with E-state index in [-0.39, 0.29) is 11.0 Å². The molecule has 2 aromatic carbocycles. The van der Waals surface area contributed by atoms with E-state index in [0.29, 0.717) is 0 Å². The highest BCUT2D eigenvalue weighted by Crippen LogP contribution is 2.36. The van der Waals surface area contributed by atoms with Crippen LogP contribution in [0, 0.1) is 0 Å². The Morgan fingerprint density at radius 2 is 1.79 bits per heavy atom. The summed E-state index contributed by atoms with van der Waals surface area (Å²) in [4.78, 5) is 19.1. The lowest BCUT2D eigenvalue weighted by Crippen LogP contribution is -2.28. The van der Waals surface area contributed by atoms with E-state index in [2.05, 4.69) is 36.7 Å². The number of nitrogens with zero attached hydrogens (tertiary/aromatic N) is 1. The molecule has 146 valence electrons. The van der Waals surface area contributed by atoms with Crippen LogP contribution in [0.1, 0.15) is 47.5 Å². The van der Waals surface area contributed by atoms with Crippen molar-refractivity contribution in [1.29, 1.82) is 0 Å². The molecule has 0 radical (unpaired) electrons. The number of aromatic amines is 1. The van der Waals surface area contributed by atoms with Gasteiger partial charge in [0.05, 0.1) is 5.25 Å². The summed E-state index contributed by atoms with van der Waals surface area (Å²) < 4.78 is 0.765. The van der Waals surface area contributed by atoms with Gasteiger partial charge in [0.25, 0.3) is 0 Å². The summed E-state index contributed by atoms with van der Waals surface area (Å²) in [6, 6.07) is 16.1. The van der Waals surface area contributed by atoms with Gasteiger partial charge in [-0.2, -0.15) is 0 Å². The number of aryl methyl sites for hydroxylation is 1. The molecule has 3 nitrogen and oxygen atoms in total. The summed E-state index contributed by atoms with van der Waals surface area (Å²) in [7, 11) is 0. The molecule has 0 saturated heterocycles. The zero-order chi connectivity index (χ0) is 20.1. The Bertz CT molecular complexity index is 961. The van der Waals surface area contributed by atoms with Gasteiger partial charge in [0, 0.05) is 35.8 Å². The quantitative estimate of drug-likeness (QED) is 0.382. The van der Waals surface area contributed by atoms with E-state index in [4.69, 9.17) is 12.2 Å². The lowest BCUT2D eigenvalue weighted by Gasteiger charge is -2.24. The minimum atomic E-state index is -0.362. The molecule has 0 fully saturated rings. The maximum absolute atomic E-state index is 13.6. The van der Waals surface area contributed by atoms with Crippen LogP contribution in [0.4, 0.5) is 0 Å². The monoisotopic (exact) mass is 410 g/mol. The van der Waals surface area contributed by atoms with Gasteiger partial charge in [0.2, 0.25) is 0 Å². The average Bonchev–Trinajstić information content (AvgIpc) is 3.17. The van der Waals surface area contributed by atoms with Gasteiger partial charge < -0.3 is 9.88 Å². The van der Waals surface area contributed by atoms with Gasteiger partial charge in [-0.3, -0.25) is 4.79 Å². The van der Waals surface area contributed by atoms with Crippen molar-refractivity contribution in [3.8, 4) is 0 Å². The smallest absolute Gasteiger partial charge is 0.182 e. The molecule has 5 heteroatoms. The second-order valence-electron chi connectivity index (χ2n) is 6.61. The summed E-state index contributed by atoms with van der Waals surface area (Å²) in [6.45, 7) is 7.97. The van der Waals surface area contributed by atoms with Gasteiger partial charge in [0.1, 0.15) is 4.32 Å². The van der Waals surface area contributed by atoms with Crippen molar-refractivity contribution in [2.24, 2.45) is 0 Å². The molecule has 3 rings (SSSR count). The van der Waals surface area contributed by atoms with Gasteiger partial charge in [-0.25, -0.2) is 0 Å². The number of para-hydroxylation sites is 1. The Labute approximate surface area is 176 Å². The van der Waals surface area contributed by atoms with Crippen molar-refractivity contribution in [3.63, 3.8) is 0 Å². The van der Waals surface area contributed by atoms with Crippen molar-refractivity contribution in [3.05, 3.63) is 71.4 Å². The van der Waals surface area contributed by atoms with Crippen molar-refractivity contribution in [2.45, 2.75) is 32.4 Å². The second-order valence-corrected chi connectivity index (χ2v) is 8.35. The van der Waals surface area contributed by atoms with Crippen LogP contribution in [-0.2, 0) is 6.42 Å². The molecule has 1 aromatic heterocycles. The van der Waals surface area contributed by atoms with E-state index in [0.717, 1.165) is 45.9 Å². The molecule has 3 aromatic rings. The van der Waals surface area contributed by atoms with Crippen LogP contribution in [0.25, 0.3) is 10.9 Å². The number of ketones is 1. The third-order valence-corrected chi connectivity index (χ3v) is 6.76. The average molecular weight is 411 g/mol. The maximum atomic E-state index is 13.6. The van der Waals surface area contributed by atoms with Crippen molar-refractivity contribution in [2.75, 3.05) is 13.1 Å². The SMILES string of the molecule is CCc1cccc2c(C(=O)[C@@H](SC(=S)N(CC)CC)c3ccccc3)c[nH]c12. The molecule has 0 bridgehead atoms. The molecule has 0 aliphatic carbocycles. The summed E-state index contributed by atoms with van der Waals surface area (Å²) in [5.74, 6) is 0.0882. The number of hydrogen-bond acceptors (Lipinski definition) is 3. The molecule has 28 heavy (non-hydrogen) atoms. The van der Waals surface area contributed by atoms with Crippen LogP contribution < -0.4 is 0 Å². The van der Waals surface area contributed by atoms with Crippen molar-refractivity contribution < 1.29 is 4.79 Å². The van der Waals surface area contributed by atoms with E-state index < -0.39 is 0 Å². The predicted molar refractivity (Wildman–Crippen MR) is 124 cm³/mol. The highest BCUT2D eigenvalue weighted by atomic mass is 32.2. The fraction of sp³-hybridized carbons (Fsp3) is 0.304. The fourth-order valence-corrected chi connectivity index (χ4v) is 5.10. The summed E-state index contributed by atoms with van der Waals surface area (Å²) in [5, 5.41) is 0.623. The highest BCUT2D eigenvalue weighted by molar-refractivity contribution is 8.23. The topological polar surface area (TPSA) is 36.1 Å². The molecule has 0 spiro atoms. The number of rotatable bonds is 7. The molecule has 1 heterocycles. The molecule has 0 amide bonds. The van der Waals surface area contributed by atoms with Gasteiger partial charge >= 0.3 is 0 Å². The standard InChI is InChI=1S/C23H26N2OS2/c1-4-16-13-10-14-18-19(15-24-20(16)18)21(26)22(17-11-8-7-9-12-17)28-23(27)25(5-2)6-3/h7-15,22,24H,4-6H2,1-3H3/t22-/m0/s1. The Hall–Kier alpha value is -2.11. The first kappa shape index (κ1) is 20.6. The first-order valence-corrected chi connectivity index (χ1v) is 11.0. The van der Waals surface area contributed by atoms with Gasteiger partial charge in [-0.1, -0.05) is 79.4 Å². The third-order valence-electron chi connectivity index (χ3n) is 5.03. The van der Waals surface area contributed by atoms with Crippen LogP contribution in [0.2, 0.25) is 0 Å². The summed E-state index contributed by atoms with van der Waals surface area (Å²) in [6.07, 6.45) is 2.78. The van der Waals surface area contributed by atoms with Crippen molar-refractivity contribution in [1.82, 2.24) is 9.88 Å². The van der Waals surface area contributed by atoms with Crippen LogP contribution in [0.15, 0.2) is 54.7 Å². The lowest BCUT2D eigenvalue weighted by molar-refractivity contribution is 0.0991. The number of nitrogens with one attached hydrogen (secondary N) is 1. The zero-order valence-corrected chi connectivity index (χ0v) is 18.2. The zero-order valence-electron chi connectivity index (χ0n) is 16.6. The number of thioether (sulfide) groups is 1. The Balaban J connectivity index is 2.01. The summed E-state index contributed by atoms with van der Waals surface area (Å²) in [5.41, 5.74) is 3.98. The number of H-pyrrole nitrogens is 1. The second kappa shape index (κ2) is 9.39. The first-order chi connectivity index (χ1) is 13.6. The van der Waals surface area contributed by atoms with E-state index in [9.17, 15) is 4.79 Å². The van der Waals surface area contributed by atoms with Crippen molar-refractivity contribution >= 4 is 45.0 Å². The maximum Gasteiger partial charge on any atom is 0.182 e.